The Balaban J connectivity index is 1.80. The lowest BCUT2D eigenvalue weighted by Crippen LogP contribution is -2.14. The number of benzene rings is 2. The lowest BCUT2D eigenvalue weighted by molar-refractivity contribution is 0.102. The van der Waals surface area contributed by atoms with Crippen molar-refractivity contribution in [2.75, 3.05) is 26.6 Å². The number of carbonyl (C=O) groups is 1. The smallest absolute Gasteiger partial charge is 0.257 e. The highest BCUT2D eigenvalue weighted by Gasteiger charge is 2.19. The van der Waals surface area contributed by atoms with Crippen molar-refractivity contribution in [3.05, 3.63) is 71.9 Å². The molecule has 0 aliphatic heterocycles. The molecule has 0 aliphatic rings. The maximum absolute atomic E-state index is 13.2. The summed E-state index contributed by atoms with van der Waals surface area (Å²) in [5, 5.41) is 3.03. The molecule has 0 fully saturated rings. The zero-order valence-electron chi connectivity index (χ0n) is 17.8. The lowest BCUT2D eigenvalue weighted by atomic mass is 10.1. The minimum Gasteiger partial charge on any atom is -0.497 e. The molecule has 1 N–H and O–H groups in total. The number of hydrogen-bond acceptors (Lipinski definition) is 5. The van der Waals surface area contributed by atoms with Gasteiger partial charge in [-0.1, -0.05) is 6.07 Å². The number of aromatic nitrogens is 2. The maximum Gasteiger partial charge on any atom is 0.257 e. The van der Waals surface area contributed by atoms with Gasteiger partial charge in [-0.25, -0.2) is 4.98 Å². The van der Waals surface area contributed by atoms with Crippen LogP contribution in [-0.4, -0.2) is 36.6 Å². The Labute approximate surface area is 180 Å². The van der Waals surface area contributed by atoms with E-state index in [0.717, 1.165) is 22.5 Å². The molecule has 2 aromatic heterocycles. The Morgan fingerprint density at radius 1 is 0.871 bits per heavy atom. The maximum atomic E-state index is 13.2. The van der Waals surface area contributed by atoms with E-state index in [4.69, 9.17) is 19.2 Å². The van der Waals surface area contributed by atoms with Crippen LogP contribution in [0.15, 0.2) is 60.8 Å². The Morgan fingerprint density at radius 3 is 2.13 bits per heavy atom. The monoisotopic (exact) mass is 417 g/mol. The fourth-order valence-electron chi connectivity index (χ4n) is 3.34. The first-order chi connectivity index (χ1) is 15.0. The fourth-order valence-corrected chi connectivity index (χ4v) is 3.34. The number of imidazole rings is 1. The van der Waals surface area contributed by atoms with Crippen LogP contribution < -0.4 is 19.5 Å². The molecular formula is C24H23N3O4. The Kier molecular flexibility index (Phi) is 5.49. The molecule has 0 unspecified atom stereocenters. The molecule has 7 heteroatoms. The number of fused-ring (bicyclic) bond motifs is 1. The van der Waals surface area contributed by atoms with Crippen LogP contribution in [0.25, 0.3) is 16.9 Å². The topological polar surface area (TPSA) is 74.1 Å². The molecule has 0 bridgehead atoms. The van der Waals surface area contributed by atoms with Crippen LogP contribution in [0.3, 0.4) is 0 Å². The van der Waals surface area contributed by atoms with E-state index in [1.54, 1.807) is 39.5 Å². The zero-order valence-corrected chi connectivity index (χ0v) is 17.8. The van der Waals surface area contributed by atoms with Gasteiger partial charge in [-0.05, 0) is 55.0 Å². The van der Waals surface area contributed by atoms with Crippen molar-refractivity contribution in [3.63, 3.8) is 0 Å². The minimum atomic E-state index is -0.296. The number of methoxy groups -OCH3 is 3. The van der Waals surface area contributed by atoms with Crippen molar-refractivity contribution in [2.45, 2.75) is 6.92 Å². The van der Waals surface area contributed by atoms with Gasteiger partial charge in [0.1, 0.15) is 34.4 Å². The molecular weight excluding hydrogens is 394 g/mol. The highest BCUT2D eigenvalue weighted by molar-refractivity contribution is 6.06. The second-order valence-corrected chi connectivity index (χ2v) is 7.03. The average Bonchev–Trinajstić information content (AvgIpc) is 3.16. The van der Waals surface area contributed by atoms with Crippen LogP contribution in [0.2, 0.25) is 0 Å². The van der Waals surface area contributed by atoms with Crippen molar-refractivity contribution < 1.29 is 19.0 Å². The molecule has 0 atom stereocenters. The average molecular weight is 417 g/mol. The fraction of sp³-hybridized carbons (Fsp3) is 0.167. The van der Waals surface area contributed by atoms with Gasteiger partial charge in [-0.3, -0.25) is 9.20 Å². The zero-order chi connectivity index (χ0) is 22.0. The van der Waals surface area contributed by atoms with Crippen LogP contribution in [0.1, 0.15) is 15.9 Å². The number of nitrogens with one attached hydrogen (secondary N) is 1. The number of pyridine rings is 1. The van der Waals surface area contributed by atoms with Crippen molar-refractivity contribution in [1.82, 2.24) is 9.38 Å². The van der Waals surface area contributed by atoms with Gasteiger partial charge in [0.15, 0.2) is 0 Å². The molecule has 0 saturated carbocycles. The molecule has 4 rings (SSSR count). The van der Waals surface area contributed by atoms with E-state index in [-0.39, 0.29) is 5.91 Å². The normalized spacial score (nSPS) is 10.7. The number of nitrogens with zero attached hydrogens (tertiary/aromatic N) is 2. The number of amides is 1. The second kappa shape index (κ2) is 8.39. The van der Waals surface area contributed by atoms with Gasteiger partial charge in [0.25, 0.3) is 5.91 Å². The number of hydrogen-bond donors (Lipinski definition) is 1. The van der Waals surface area contributed by atoms with Gasteiger partial charge < -0.3 is 19.5 Å². The largest absolute Gasteiger partial charge is 0.497 e. The van der Waals surface area contributed by atoms with Gasteiger partial charge in [-0.2, -0.15) is 0 Å². The van der Waals surface area contributed by atoms with Crippen LogP contribution in [0.4, 0.5) is 5.82 Å². The molecule has 158 valence electrons. The predicted octanol–water partition coefficient (Wildman–Crippen LogP) is 4.59. The number of aryl methyl sites for hydroxylation is 1. The minimum absolute atomic E-state index is 0.296. The molecule has 2 heterocycles. The Hall–Kier alpha value is -4.00. The van der Waals surface area contributed by atoms with Crippen LogP contribution in [0, 0.1) is 6.92 Å². The van der Waals surface area contributed by atoms with Gasteiger partial charge in [0.05, 0.1) is 21.3 Å². The third-order valence-corrected chi connectivity index (χ3v) is 4.98. The van der Waals surface area contributed by atoms with E-state index in [1.165, 1.54) is 0 Å². The summed E-state index contributed by atoms with van der Waals surface area (Å²) >= 11 is 0. The van der Waals surface area contributed by atoms with E-state index >= 15 is 0 Å². The van der Waals surface area contributed by atoms with Crippen molar-refractivity contribution >= 4 is 17.4 Å². The van der Waals surface area contributed by atoms with Gasteiger partial charge in [-0.15, -0.1) is 0 Å². The predicted molar refractivity (Wildman–Crippen MR) is 119 cm³/mol. The third kappa shape index (κ3) is 4.02. The molecule has 0 saturated heterocycles. The quantitative estimate of drug-likeness (QED) is 0.497. The van der Waals surface area contributed by atoms with E-state index in [0.29, 0.717) is 28.6 Å². The molecule has 0 spiro atoms. The van der Waals surface area contributed by atoms with E-state index in [9.17, 15) is 4.79 Å². The summed E-state index contributed by atoms with van der Waals surface area (Å²) in [6.45, 7) is 1.99. The number of anilines is 1. The summed E-state index contributed by atoms with van der Waals surface area (Å²) in [5.41, 5.74) is 3.72. The van der Waals surface area contributed by atoms with Crippen molar-refractivity contribution in [3.8, 4) is 28.5 Å². The molecule has 0 aliphatic carbocycles. The number of ether oxygens (including phenoxy) is 3. The van der Waals surface area contributed by atoms with E-state index < -0.39 is 0 Å². The Bertz CT molecular complexity index is 1220. The lowest BCUT2D eigenvalue weighted by Gasteiger charge is -2.11. The summed E-state index contributed by atoms with van der Waals surface area (Å²) in [5.74, 6) is 2.10. The summed E-state index contributed by atoms with van der Waals surface area (Å²) < 4.78 is 17.7. The molecule has 7 nitrogen and oxygen atoms in total. The van der Waals surface area contributed by atoms with Crippen LogP contribution in [-0.2, 0) is 0 Å². The van der Waals surface area contributed by atoms with Crippen LogP contribution >= 0.6 is 0 Å². The third-order valence-electron chi connectivity index (χ3n) is 4.98. The summed E-state index contributed by atoms with van der Waals surface area (Å²) in [4.78, 5) is 17.9. The standard InChI is InChI=1S/C24H23N3O4/c1-15-5-10-21-25-22(16-6-8-18(29-2)9-7-16)23(27(21)14-15)26-24(28)17-11-19(30-3)13-20(12-17)31-4/h5-14H,1-4H3,(H,26,28). The van der Waals surface area contributed by atoms with E-state index in [1.807, 2.05) is 53.9 Å². The highest BCUT2D eigenvalue weighted by Crippen LogP contribution is 2.31. The second-order valence-electron chi connectivity index (χ2n) is 7.03. The first kappa shape index (κ1) is 20.3. The molecule has 1 amide bonds. The van der Waals surface area contributed by atoms with Crippen molar-refractivity contribution in [2.24, 2.45) is 0 Å². The van der Waals surface area contributed by atoms with E-state index in [2.05, 4.69) is 5.32 Å². The molecule has 4 aromatic rings. The molecule has 2 aromatic carbocycles. The van der Waals surface area contributed by atoms with Gasteiger partial charge >= 0.3 is 0 Å². The summed E-state index contributed by atoms with van der Waals surface area (Å²) in [6, 6.07) is 16.5. The number of rotatable bonds is 6. The van der Waals surface area contributed by atoms with Gasteiger partial charge in [0, 0.05) is 23.4 Å². The summed E-state index contributed by atoms with van der Waals surface area (Å²) in [6.07, 6.45) is 1.94. The molecule has 0 radical (unpaired) electrons. The number of carbonyl (C=O) groups excluding carboxylic acids is 1. The first-order valence-corrected chi connectivity index (χ1v) is 9.70. The first-order valence-electron chi connectivity index (χ1n) is 9.70. The van der Waals surface area contributed by atoms with Gasteiger partial charge in [0.2, 0.25) is 0 Å². The van der Waals surface area contributed by atoms with Crippen LogP contribution in [0.5, 0.6) is 17.2 Å². The Morgan fingerprint density at radius 2 is 1.52 bits per heavy atom. The summed E-state index contributed by atoms with van der Waals surface area (Å²) in [7, 11) is 4.72. The molecule has 31 heavy (non-hydrogen) atoms. The SMILES string of the molecule is COc1ccc(-c2nc3ccc(C)cn3c2NC(=O)c2cc(OC)cc(OC)c2)cc1. The highest BCUT2D eigenvalue weighted by atomic mass is 16.5. The van der Waals surface area contributed by atoms with Crippen molar-refractivity contribution in [1.29, 1.82) is 0 Å².